The molecular weight excluding hydrogens is 409 g/mol. The number of anilines is 1. The quantitative estimate of drug-likeness (QED) is 0.433. The van der Waals surface area contributed by atoms with Crippen LogP contribution < -0.4 is 10.1 Å². The zero-order chi connectivity index (χ0) is 21.9. The summed E-state index contributed by atoms with van der Waals surface area (Å²) in [6, 6.07) is 18.8. The average molecular weight is 427 g/mol. The number of pyridine rings is 1. The summed E-state index contributed by atoms with van der Waals surface area (Å²) in [6.45, 7) is 0.302. The van der Waals surface area contributed by atoms with Crippen LogP contribution >= 0.6 is 0 Å². The Bertz CT molecular complexity index is 1360. The average Bonchev–Trinajstić information content (AvgIpc) is 3.45. The molecule has 5 aromatic rings. The fraction of sp³-hybridized carbons (Fsp3) is 0.0417. The number of amides is 1. The maximum atomic E-state index is 13.2. The number of rotatable bonds is 6. The van der Waals surface area contributed by atoms with Gasteiger partial charge in [0.05, 0.1) is 18.2 Å². The molecular formula is C24H18FN5O2. The number of aromatic nitrogens is 4. The summed E-state index contributed by atoms with van der Waals surface area (Å²) >= 11 is 0. The summed E-state index contributed by atoms with van der Waals surface area (Å²) in [5, 5.41) is 2.85. The van der Waals surface area contributed by atoms with Crippen LogP contribution in [0.4, 0.5) is 10.1 Å². The Kier molecular flexibility index (Phi) is 5.09. The van der Waals surface area contributed by atoms with Crippen LogP contribution in [-0.4, -0.2) is 24.8 Å². The van der Waals surface area contributed by atoms with Crippen molar-refractivity contribution in [1.29, 1.82) is 0 Å². The number of nitrogens with one attached hydrogen (secondary N) is 1. The highest BCUT2D eigenvalue weighted by molar-refractivity contribution is 6.03. The Morgan fingerprint density at radius 1 is 1.06 bits per heavy atom. The minimum absolute atomic E-state index is 0.302. The van der Waals surface area contributed by atoms with Gasteiger partial charge in [-0.1, -0.05) is 12.1 Å². The maximum absolute atomic E-state index is 13.2. The second-order valence-electron chi connectivity index (χ2n) is 7.09. The number of carbonyl (C=O) groups excluding carboxylic acids is 1. The van der Waals surface area contributed by atoms with Crippen LogP contribution in [0.25, 0.3) is 11.3 Å². The van der Waals surface area contributed by atoms with Gasteiger partial charge in [-0.05, 0) is 48.5 Å². The summed E-state index contributed by atoms with van der Waals surface area (Å²) in [5.74, 6) is -0.0865. The van der Waals surface area contributed by atoms with Gasteiger partial charge in [-0.2, -0.15) is 0 Å². The smallest absolute Gasteiger partial charge is 0.274 e. The van der Waals surface area contributed by atoms with Crippen LogP contribution in [0.2, 0.25) is 0 Å². The van der Waals surface area contributed by atoms with Crippen LogP contribution in [0.15, 0.2) is 91.6 Å². The molecule has 0 unspecified atom stereocenters. The first kappa shape index (κ1) is 19.5. The third-order valence-corrected chi connectivity index (χ3v) is 4.87. The number of carbonyl (C=O) groups is 1. The lowest BCUT2D eigenvalue weighted by atomic mass is 10.2. The number of benzene rings is 2. The highest BCUT2D eigenvalue weighted by Gasteiger charge is 2.14. The molecule has 0 aliphatic carbocycles. The van der Waals surface area contributed by atoms with Crippen LogP contribution in [0.1, 0.15) is 16.2 Å². The lowest BCUT2D eigenvalue weighted by molar-refractivity contribution is 0.102. The number of hydrogen-bond acceptors (Lipinski definition) is 4. The molecule has 0 fully saturated rings. The molecule has 0 radical (unpaired) electrons. The second kappa shape index (κ2) is 8.35. The predicted molar refractivity (Wildman–Crippen MR) is 117 cm³/mol. The van der Waals surface area contributed by atoms with Gasteiger partial charge in [0.2, 0.25) is 0 Å². The van der Waals surface area contributed by atoms with Crippen molar-refractivity contribution < 1.29 is 13.9 Å². The largest absolute Gasteiger partial charge is 0.487 e. The molecule has 0 bridgehead atoms. The van der Waals surface area contributed by atoms with Gasteiger partial charge >= 0.3 is 0 Å². The number of halogens is 1. The van der Waals surface area contributed by atoms with Gasteiger partial charge in [0, 0.05) is 29.8 Å². The second-order valence-corrected chi connectivity index (χ2v) is 7.09. The normalized spacial score (nSPS) is 10.9. The summed E-state index contributed by atoms with van der Waals surface area (Å²) in [4.78, 5) is 21.4. The number of nitrogens with zero attached hydrogens (tertiary/aromatic N) is 4. The molecule has 3 heterocycles. The molecule has 0 spiro atoms. The van der Waals surface area contributed by atoms with E-state index in [1.165, 1.54) is 24.7 Å². The van der Waals surface area contributed by atoms with E-state index in [4.69, 9.17) is 4.74 Å². The molecule has 1 N–H and O–H groups in total. The van der Waals surface area contributed by atoms with Gasteiger partial charge in [0.25, 0.3) is 5.91 Å². The molecule has 0 saturated heterocycles. The van der Waals surface area contributed by atoms with Crippen molar-refractivity contribution in [1.82, 2.24) is 18.9 Å². The third-order valence-electron chi connectivity index (χ3n) is 4.87. The molecule has 8 heteroatoms. The van der Waals surface area contributed by atoms with E-state index in [1.807, 2.05) is 41.1 Å². The van der Waals surface area contributed by atoms with E-state index >= 15 is 0 Å². The van der Waals surface area contributed by atoms with Crippen molar-refractivity contribution >= 4 is 17.2 Å². The first-order chi connectivity index (χ1) is 15.7. The van der Waals surface area contributed by atoms with Gasteiger partial charge in [0.15, 0.2) is 0 Å². The highest BCUT2D eigenvalue weighted by Crippen LogP contribution is 2.20. The van der Waals surface area contributed by atoms with Gasteiger partial charge in [0.1, 0.15) is 29.5 Å². The molecule has 1 amide bonds. The van der Waals surface area contributed by atoms with Crippen LogP contribution in [-0.2, 0) is 6.61 Å². The molecule has 158 valence electrons. The number of hydrogen-bond donors (Lipinski definition) is 1. The van der Waals surface area contributed by atoms with E-state index < -0.39 is 0 Å². The van der Waals surface area contributed by atoms with Gasteiger partial charge in [-0.15, -0.1) is 0 Å². The van der Waals surface area contributed by atoms with E-state index in [1.54, 1.807) is 34.9 Å². The Hall–Kier alpha value is -4.46. The monoisotopic (exact) mass is 427 g/mol. The van der Waals surface area contributed by atoms with E-state index in [-0.39, 0.29) is 11.7 Å². The van der Waals surface area contributed by atoms with Gasteiger partial charge in [-0.25, -0.2) is 14.4 Å². The standard InChI is InChI=1S/C24H18FN5O2/c25-17-7-9-20(10-8-17)30-16-26-13-22(30)24(31)28-18-4-3-5-21(12-18)32-15-19-14-29-11-2-1-6-23(29)27-19/h1-14,16H,15H2,(H,28,31). The predicted octanol–water partition coefficient (Wildman–Crippen LogP) is 4.49. The topological polar surface area (TPSA) is 73.4 Å². The van der Waals surface area contributed by atoms with Crippen LogP contribution in [0.3, 0.4) is 0 Å². The minimum atomic E-state index is -0.347. The number of imidazole rings is 2. The Labute approximate surface area is 182 Å². The van der Waals surface area contributed by atoms with Gasteiger partial charge < -0.3 is 14.5 Å². The van der Waals surface area contributed by atoms with Crippen molar-refractivity contribution in [2.24, 2.45) is 0 Å². The lowest BCUT2D eigenvalue weighted by Crippen LogP contribution is -2.16. The summed E-state index contributed by atoms with van der Waals surface area (Å²) in [7, 11) is 0. The number of ether oxygens (including phenoxy) is 1. The van der Waals surface area contributed by atoms with Crippen molar-refractivity contribution in [2.75, 3.05) is 5.32 Å². The first-order valence-corrected chi connectivity index (χ1v) is 9.91. The van der Waals surface area contributed by atoms with Crippen LogP contribution in [0.5, 0.6) is 5.75 Å². The molecule has 32 heavy (non-hydrogen) atoms. The van der Waals surface area contributed by atoms with Crippen LogP contribution in [0, 0.1) is 5.82 Å². The highest BCUT2D eigenvalue weighted by atomic mass is 19.1. The molecule has 0 aliphatic rings. The SMILES string of the molecule is O=C(Nc1cccc(OCc2cn3ccccc3n2)c1)c1cncn1-c1ccc(F)cc1. The molecule has 2 aromatic carbocycles. The molecule has 5 rings (SSSR count). The number of fused-ring (bicyclic) bond motifs is 1. The Balaban J connectivity index is 1.28. The zero-order valence-corrected chi connectivity index (χ0v) is 16.9. The van der Waals surface area contributed by atoms with Crippen molar-refractivity contribution in [2.45, 2.75) is 6.61 Å². The van der Waals surface area contributed by atoms with Gasteiger partial charge in [-0.3, -0.25) is 9.36 Å². The summed E-state index contributed by atoms with van der Waals surface area (Å²) < 4.78 is 22.6. The van der Waals surface area contributed by atoms with Crippen molar-refractivity contribution in [3.63, 3.8) is 0 Å². The molecule has 7 nitrogen and oxygen atoms in total. The van der Waals surface area contributed by atoms with E-state index in [0.29, 0.717) is 29.4 Å². The molecule has 0 atom stereocenters. The molecule has 0 saturated carbocycles. The van der Waals surface area contributed by atoms with E-state index in [9.17, 15) is 9.18 Å². The Morgan fingerprint density at radius 3 is 2.78 bits per heavy atom. The first-order valence-electron chi connectivity index (χ1n) is 9.91. The van der Waals surface area contributed by atoms with Crippen molar-refractivity contribution in [3.8, 4) is 11.4 Å². The third kappa shape index (κ3) is 4.06. The fourth-order valence-corrected chi connectivity index (χ4v) is 3.34. The maximum Gasteiger partial charge on any atom is 0.274 e. The molecule has 3 aromatic heterocycles. The summed E-state index contributed by atoms with van der Waals surface area (Å²) in [6.07, 6.45) is 6.81. The molecule has 0 aliphatic heterocycles. The zero-order valence-electron chi connectivity index (χ0n) is 16.9. The lowest BCUT2D eigenvalue weighted by Gasteiger charge is -2.10. The Morgan fingerprint density at radius 2 is 1.94 bits per heavy atom. The van der Waals surface area contributed by atoms with E-state index in [2.05, 4.69) is 15.3 Å². The fourth-order valence-electron chi connectivity index (χ4n) is 3.34. The van der Waals surface area contributed by atoms with Crippen molar-refractivity contribution in [3.05, 3.63) is 109 Å². The minimum Gasteiger partial charge on any atom is -0.487 e. The van der Waals surface area contributed by atoms with E-state index in [0.717, 1.165) is 11.3 Å². The summed E-state index contributed by atoms with van der Waals surface area (Å²) in [5.41, 5.74) is 3.19.